The molecule has 14 heteroatoms. The Morgan fingerprint density at radius 2 is 1.76 bits per heavy atom. The Labute approximate surface area is 216 Å². The molecule has 1 aromatic heterocycles. The average molecular weight is 552 g/mol. The van der Waals surface area contributed by atoms with Crippen molar-refractivity contribution in [2.45, 2.75) is 59.0 Å². The smallest absolute Gasteiger partial charge is 0.372 e. The van der Waals surface area contributed by atoms with Gasteiger partial charge >= 0.3 is 12.4 Å². The van der Waals surface area contributed by atoms with Crippen LogP contribution in [0, 0.1) is 6.92 Å². The van der Waals surface area contributed by atoms with E-state index in [1.165, 1.54) is 13.8 Å². The first-order valence-corrected chi connectivity index (χ1v) is 12.0. The van der Waals surface area contributed by atoms with Gasteiger partial charge in [-0.1, -0.05) is 13.0 Å². The topological polar surface area (TPSA) is 90.9 Å². The molecular formula is C24H31F6N5O3. The first-order valence-electron chi connectivity index (χ1n) is 12.0. The van der Waals surface area contributed by atoms with E-state index in [4.69, 9.17) is 4.74 Å². The van der Waals surface area contributed by atoms with Gasteiger partial charge in [-0.05, 0) is 38.8 Å². The van der Waals surface area contributed by atoms with E-state index >= 15 is 0 Å². The minimum absolute atomic E-state index is 0.0368. The molecule has 1 aliphatic rings. The van der Waals surface area contributed by atoms with Gasteiger partial charge in [0.25, 0.3) is 5.56 Å². The number of aliphatic imine (C=N–C) groups is 1. The summed E-state index contributed by atoms with van der Waals surface area (Å²) in [5.41, 5.74) is -3.96. The second kappa shape index (κ2) is 13.1. The highest BCUT2D eigenvalue weighted by atomic mass is 19.4. The third kappa shape index (κ3) is 8.17. The maximum absolute atomic E-state index is 13.2. The first kappa shape index (κ1) is 31.1. The molecule has 1 aliphatic heterocycles. The third-order valence-corrected chi connectivity index (χ3v) is 5.93. The lowest BCUT2D eigenvalue weighted by Crippen LogP contribution is -2.48. The Balaban J connectivity index is 1.92. The Hall–Kier alpha value is -3.16. The van der Waals surface area contributed by atoms with E-state index in [1.807, 2.05) is 12.0 Å². The molecule has 8 nitrogen and oxygen atoms in total. The molecule has 0 spiro atoms. The second-order valence-electron chi connectivity index (χ2n) is 8.54. The molecule has 0 aromatic carbocycles. The first-order chi connectivity index (χ1) is 17.7. The predicted octanol–water partition coefficient (Wildman–Crippen LogP) is 4.54. The van der Waals surface area contributed by atoms with Crippen molar-refractivity contribution >= 4 is 12.1 Å². The zero-order valence-corrected chi connectivity index (χ0v) is 21.5. The predicted molar refractivity (Wildman–Crippen MR) is 128 cm³/mol. The molecule has 0 radical (unpaired) electrons. The van der Waals surface area contributed by atoms with Gasteiger partial charge < -0.3 is 14.5 Å². The molecule has 2 heterocycles. The molecule has 1 amide bonds. The number of piperazine rings is 1. The number of halogens is 6. The Morgan fingerprint density at radius 1 is 1.16 bits per heavy atom. The van der Waals surface area contributed by atoms with Crippen LogP contribution in [-0.4, -0.2) is 71.1 Å². The van der Waals surface area contributed by atoms with Gasteiger partial charge in [-0.2, -0.15) is 31.4 Å². The summed E-state index contributed by atoms with van der Waals surface area (Å²) in [7, 11) is 0. The summed E-state index contributed by atoms with van der Waals surface area (Å²) in [6.07, 6.45) is -6.30. The van der Waals surface area contributed by atoms with Gasteiger partial charge in [0.2, 0.25) is 5.91 Å². The number of amides is 1. The molecule has 1 fully saturated rings. The van der Waals surface area contributed by atoms with Crippen molar-refractivity contribution in [2.75, 3.05) is 32.8 Å². The SMILES string of the molecule is C\C=C(/C=N\C(=C\CC)N1CCN(C(=O)CCOC(C)c2n[nH]c(=O)c(C(F)(F)F)c2C)CC1)C(F)(F)F. The van der Waals surface area contributed by atoms with E-state index in [2.05, 4.69) is 10.1 Å². The van der Waals surface area contributed by atoms with E-state index in [-0.39, 0.29) is 30.2 Å². The number of ether oxygens (including phenoxy) is 1. The van der Waals surface area contributed by atoms with Crippen LogP contribution in [0.2, 0.25) is 0 Å². The molecule has 212 valence electrons. The van der Waals surface area contributed by atoms with Crippen molar-refractivity contribution < 1.29 is 35.9 Å². The minimum Gasteiger partial charge on any atom is -0.372 e. The van der Waals surface area contributed by atoms with Crippen LogP contribution in [0.3, 0.4) is 0 Å². The molecule has 1 aromatic rings. The van der Waals surface area contributed by atoms with Gasteiger partial charge in [0.15, 0.2) is 0 Å². The van der Waals surface area contributed by atoms with Gasteiger partial charge in [0.1, 0.15) is 11.4 Å². The van der Waals surface area contributed by atoms with Gasteiger partial charge in [-0.15, -0.1) is 0 Å². The molecule has 0 aliphatic carbocycles. The van der Waals surface area contributed by atoms with Crippen molar-refractivity contribution in [3.8, 4) is 0 Å². The highest BCUT2D eigenvalue weighted by molar-refractivity contribution is 5.81. The van der Waals surface area contributed by atoms with Gasteiger partial charge in [-0.3, -0.25) is 9.59 Å². The lowest BCUT2D eigenvalue weighted by molar-refractivity contribution is -0.139. The molecule has 1 N–H and O–H groups in total. The number of aromatic amines is 1. The molecular weight excluding hydrogens is 520 g/mol. The number of nitrogens with one attached hydrogen (secondary N) is 1. The molecule has 1 atom stereocenters. The number of carbonyl (C=O) groups excluding carboxylic acids is 1. The summed E-state index contributed by atoms with van der Waals surface area (Å²) < 4.78 is 84.0. The Bertz CT molecular complexity index is 1120. The second-order valence-corrected chi connectivity index (χ2v) is 8.54. The normalized spacial score (nSPS) is 16.9. The van der Waals surface area contributed by atoms with Crippen LogP contribution in [0.4, 0.5) is 26.3 Å². The summed E-state index contributed by atoms with van der Waals surface area (Å²) >= 11 is 0. The molecule has 2 rings (SSSR count). The number of rotatable bonds is 9. The fourth-order valence-electron chi connectivity index (χ4n) is 3.92. The van der Waals surface area contributed by atoms with Crippen molar-refractivity contribution in [3.05, 3.63) is 50.7 Å². The fraction of sp³-hybridized carbons (Fsp3) is 0.583. The van der Waals surface area contributed by atoms with Crippen molar-refractivity contribution in [1.29, 1.82) is 0 Å². The summed E-state index contributed by atoms with van der Waals surface area (Å²) in [6.45, 7) is 7.00. The third-order valence-electron chi connectivity index (χ3n) is 5.93. The van der Waals surface area contributed by atoms with E-state index in [0.717, 1.165) is 19.2 Å². The number of carbonyl (C=O) groups is 1. The van der Waals surface area contributed by atoms with Gasteiger partial charge in [-0.25, -0.2) is 10.1 Å². The number of allylic oxidation sites excluding steroid dienone is 3. The number of hydrogen-bond acceptors (Lipinski definition) is 6. The largest absolute Gasteiger partial charge is 0.422 e. The lowest BCUT2D eigenvalue weighted by Gasteiger charge is -2.36. The molecule has 0 saturated carbocycles. The molecule has 38 heavy (non-hydrogen) atoms. The van der Waals surface area contributed by atoms with E-state index < -0.39 is 35.2 Å². The summed E-state index contributed by atoms with van der Waals surface area (Å²) in [5, 5.41) is 5.52. The van der Waals surface area contributed by atoms with Crippen molar-refractivity contribution in [3.63, 3.8) is 0 Å². The van der Waals surface area contributed by atoms with Crippen LogP contribution < -0.4 is 5.56 Å². The minimum atomic E-state index is -4.85. The lowest BCUT2D eigenvalue weighted by atomic mass is 10.1. The molecule has 1 unspecified atom stereocenters. The standard InChI is InChI=1S/C24H31F6N5O3/c1-5-7-18(31-14-17(6-2)23(25,26)27)34-9-11-35(12-10-34)19(36)8-13-38-16(4)21-15(3)20(24(28,29)30)22(37)33-32-21/h6-7,14,16H,5,8-13H2,1-4H3,(H,33,37)/b17-6+,18-7-,31-14-. The molecule has 1 saturated heterocycles. The zero-order valence-electron chi connectivity index (χ0n) is 21.5. The maximum atomic E-state index is 13.2. The van der Waals surface area contributed by atoms with Crippen LogP contribution in [0.5, 0.6) is 0 Å². The van der Waals surface area contributed by atoms with Gasteiger partial charge in [0.05, 0.1) is 30.4 Å². The van der Waals surface area contributed by atoms with Crippen LogP contribution in [0.25, 0.3) is 0 Å². The van der Waals surface area contributed by atoms with Crippen molar-refractivity contribution in [2.24, 2.45) is 4.99 Å². The Morgan fingerprint density at radius 3 is 2.29 bits per heavy atom. The van der Waals surface area contributed by atoms with E-state index in [1.54, 1.807) is 15.9 Å². The monoisotopic (exact) mass is 551 g/mol. The van der Waals surface area contributed by atoms with E-state index in [0.29, 0.717) is 38.4 Å². The number of nitrogens with zero attached hydrogens (tertiary/aromatic N) is 4. The summed E-state index contributed by atoms with van der Waals surface area (Å²) in [4.78, 5) is 31.6. The van der Waals surface area contributed by atoms with Crippen LogP contribution >= 0.6 is 0 Å². The van der Waals surface area contributed by atoms with Crippen LogP contribution in [0.15, 0.2) is 33.3 Å². The zero-order chi connectivity index (χ0) is 28.7. The van der Waals surface area contributed by atoms with Crippen molar-refractivity contribution in [1.82, 2.24) is 20.0 Å². The average Bonchev–Trinajstić information content (AvgIpc) is 2.82. The maximum Gasteiger partial charge on any atom is 0.422 e. The van der Waals surface area contributed by atoms with E-state index in [9.17, 15) is 35.9 Å². The van der Waals surface area contributed by atoms with Crippen LogP contribution in [-0.2, 0) is 15.7 Å². The fourth-order valence-corrected chi connectivity index (χ4v) is 3.92. The highest BCUT2D eigenvalue weighted by Gasteiger charge is 2.38. The molecule has 0 bridgehead atoms. The quantitative estimate of drug-likeness (QED) is 0.360. The summed E-state index contributed by atoms with van der Waals surface area (Å²) in [5.74, 6) is 0.152. The van der Waals surface area contributed by atoms with Crippen LogP contribution in [0.1, 0.15) is 56.5 Å². The Kier molecular flexibility index (Phi) is 10.7. The highest BCUT2D eigenvalue weighted by Crippen LogP contribution is 2.31. The number of alkyl halides is 6. The summed E-state index contributed by atoms with van der Waals surface area (Å²) in [6, 6.07) is 0. The number of hydrogen-bond donors (Lipinski definition) is 1. The number of H-pyrrole nitrogens is 1. The van der Waals surface area contributed by atoms with Gasteiger partial charge in [0, 0.05) is 32.4 Å². The number of aromatic nitrogens is 2.